The number of phenols is 2. The summed E-state index contributed by atoms with van der Waals surface area (Å²) in [6.45, 7) is 15.2. The number of nitrogens with one attached hydrogen (secondary N) is 1. The third kappa shape index (κ3) is 15.8. The molecule has 2 aliphatic heterocycles. The molecule has 4 rings (SSSR count). The summed E-state index contributed by atoms with van der Waals surface area (Å²) in [5, 5.41) is 19.3. The molecule has 0 bridgehead atoms. The van der Waals surface area contributed by atoms with Gasteiger partial charge in [-0.25, -0.2) is 26.4 Å². The van der Waals surface area contributed by atoms with E-state index in [4.69, 9.17) is 38.4 Å². The molecule has 2 aromatic carbocycles. The molecular weight excluding hydrogens is 799 g/mol. The quantitative estimate of drug-likeness (QED) is 0.128. The molecule has 0 aliphatic carbocycles. The van der Waals surface area contributed by atoms with Gasteiger partial charge in [0.2, 0.25) is 19.1 Å². The van der Waals surface area contributed by atoms with Crippen LogP contribution in [0.1, 0.15) is 41.5 Å². The molecule has 16 nitrogen and oxygen atoms in total. The Bertz CT molecular complexity index is 1760. The van der Waals surface area contributed by atoms with Crippen LogP contribution in [0, 0.1) is 0 Å². The Morgan fingerprint density at radius 2 is 1.09 bits per heavy atom. The van der Waals surface area contributed by atoms with E-state index in [2.05, 4.69) is 15.4 Å². The molecule has 0 saturated carbocycles. The Balaban J connectivity index is 0.000000323. The lowest BCUT2D eigenvalue weighted by atomic mass is 10.2. The molecule has 0 atom stereocenters. The largest absolute Gasteiger partial charge is 0.504 e. The highest BCUT2D eigenvalue weighted by molar-refractivity contribution is 8.14. The fourth-order valence-corrected chi connectivity index (χ4v) is 5.50. The molecule has 0 radical (unpaired) electrons. The molecule has 2 aliphatic rings. The number of ether oxygens (including phenoxy) is 2. The number of piperazine rings is 2. The van der Waals surface area contributed by atoms with Crippen molar-refractivity contribution >= 4 is 87.9 Å². The maximum absolute atomic E-state index is 12.1. The summed E-state index contributed by atoms with van der Waals surface area (Å²) in [5.41, 5.74) is 6.30. The fourth-order valence-electron chi connectivity index (χ4n) is 4.78. The number of phenolic OH excluding ortho intramolecular Hbond substituents is 2. The topological polar surface area (TPSA) is 212 Å². The van der Waals surface area contributed by atoms with Crippen molar-refractivity contribution in [3.05, 3.63) is 36.4 Å². The SMILES string of the molecule is CC(C)(C)OC(=O)N1CCN(c2cccc(N)c2O)CC1.CC(C)(C)OC(=O)N1CCN(c2cccc(NS(=O)(=O)CCl)c2O)CC1.O=S(=O)(Cl)CCl. The second-order valence-electron chi connectivity index (χ2n) is 13.8. The summed E-state index contributed by atoms with van der Waals surface area (Å²) < 4.78 is 55.5. The number of rotatable bonds is 6. The minimum atomic E-state index is -3.71. The highest BCUT2D eigenvalue weighted by atomic mass is 35.7. The van der Waals surface area contributed by atoms with Gasteiger partial charge in [0, 0.05) is 63.0 Å². The number of benzene rings is 2. The molecular formula is C32H49Cl3N6O10S2. The van der Waals surface area contributed by atoms with E-state index < -0.39 is 40.7 Å². The Hall–Kier alpha value is -3.45. The summed E-state index contributed by atoms with van der Waals surface area (Å²) in [6, 6.07) is 10.1. The lowest BCUT2D eigenvalue weighted by molar-refractivity contribution is 0.0230. The Morgan fingerprint density at radius 1 is 0.717 bits per heavy atom. The van der Waals surface area contributed by atoms with Gasteiger partial charge in [-0.15, -0.1) is 23.2 Å². The third-order valence-electron chi connectivity index (χ3n) is 7.14. The summed E-state index contributed by atoms with van der Waals surface area (Å²) >= 11 is 10.1. The first-order chi connectivity index (χ1) is 24.4. The number of amides is 2. The van der Waals surface area contributed by atoms with Gasteiger partial charge in [0.1, 0.15) is 21.6 Å². The zero-order valence-corrected chi connectivity index (χ0v) is 34.4. The van der Waals surface area contributed by atoms with Gasteiger partial charge < -0.3 is 45.0 Å². The Labute approximate surface area is 326 Å². The first kappa shape index (κ1) is 45.7. The van der Waals surface area contributed by atoms with E-state index in [1.54, 1.807) is 28.0 Å². The lowest BCUT2D eigenvalue weighted by Gasteiger charge is -2.37. The number of nitrogens with zero attached hydrogens (tertiary/aromatic N) is 4. The standard InChI is InChI=1S/C16H24ClN3O5S.C15H23N3O3.CH2Cl2O2S/c1-16(2,3)25-15(22)20-9-7-19(8-10-20)13-6-4-5-12(14(13)21)18-26(23,24)11-17;1-15(2,3)21-14(20)18-9-7-17(8-10-18)12-6-4-5-11(16)13(12)19;2-1-6(3,4)5/h4-6,18,21H,7-11H2,1-3H3;4-6,19H,7-10,16H2,1-3H3;1H2. The van der Waals surface area contributed by atoms with Crippen LogP contribution in [0.25, 0.3) is 0 Å². The van der Waals surface area contributed by atoms with Crippen molar-refractivity contribution in [2.45, 2.75) is 52.7 Å². The monoisotopic (exact) mass is 846 g/mol. The predicted octanol–water partition coefficient (Wildman–Crippen LogP) is 5.17. The molecule has 5 N–H and O–H groups in total. The van der Waals surface area contributed by atoms with Crippen molar-refractivity contribution in [1.82, 2.24) is 9.80 Å². The van der Waals surface area contributed by atoms with Crippen molar-refractivity contribution in [2.75, 3.05) is 83.0 Å². The predicted molar refractivity (Wildman–Crippen MR) is 209 cm³/mol. The first-order valence-corrected chi connectivity index (χ1v) is 21.5. The second-order valence-corrected chi connectivity index (χ2v) is 19.4. The van der Waals surface area contributed by atoms with Crippen molar-refractivity contribution < 1.29 is 46.1 Å². The average molecular weight is 848 g/mol. The maximum atomic E-state index is 12.1. The van der Waals surface area contributed by atoms with Crippen molar-refractivity contribution in [3.63, 3.8) is 0 Å². The number of alkyl halides is 2. The van der Waals surface area contributed by atoms with E-state index in [1.165, 1.54) is 6.07 Å². The highest BCUT2D eigenvalue weighted by Gasteiger charge is 2.29. The smallest absolute Gasteiger partial charge is 0.410 e. The molecule has 2 aromatic rings. The van der Waals surface area contributed by atoms with E-state index in [0.717, 1.165) is 0 Å². The fraction of sp³-hybridized carbons (Fsp3) is 0.562. The van der Waals surface area contributed by atoms with Gasteiger partial charge in [0.25, 0.3) is 0 Å². The van der Waals surface area contributed by atoms with Gasteiger partial charge in [-0.05, 0) is 65.8 Å². The summed E-state index contributed by atoms with van der Waals surface area (Å²) in [5.74, 6) is -0.0740. The third-order valence-corrected chi connectivity index (χ3v) is 10.6. The van der Waals surface area contributed by atoms with Crippen LogP contribution >= 0.6 is 33.9 Å². The van der Waals surface area contributed by atoms with E-state index in [1.807, 2.05) is 63.5 Å². The number of anilines is 4. The number of aromatic hydroxyl groups is 2. The molecule has 0 unspecified atom stereocenters. The average Bonchev–Trinajstić information content (AvgIpc) is 3.06. The van der Waals surface area contributed by atoms with Crippen LogP contribution in [0.3, 0.4) is 0 Å². The minimum Gasteiger partial charge on any atom is -0.504 e. The number of carbonyl (C=O) groups excluding carboxylic acids is 2. The van der Waals surface area contributed by atoms with Crippen LogP contribution < -0.4 is 20.3 Å². The van der Waals surface area contributed by atoms with Crippen molar-refractivity contribution in [1.29, 1.82) is 0 Å². The Kier molecular flexibility index (Phi) is 16.6. The summed E-state index contributed by atoms with van der Waals surface area (Å²) in [4.78, 5) is 31.3. The number of hydrogen-bond acceptors (Lipinski definition) is 13. The maximum Gasteiger partial charge on any atom is 0.410 e. The van der Waals surface area contributed by atoms with Crippen molar-refractivity contribution in [2.24, 2.45) is 0 Å². The van der Waals surface area contributed by atoms with Crippen LogP contribution in [-0.2, 0) is 28.5 Å². The van der Waals surface area contributed by atoms with Gasteiger partial charge in [-0.3, -0.25) is 4.72 Å². The number of para-hydroxylation sites is 2. The molecule has 2 saturated heterocycles. The molecule has 2 fully saturated rings. The second kappa shape index (κ2) is 19.2. The molecule has 0 aromatic heterocycles. The van der Waals surface area contributed by atoms with Crippen molar-refractivity contribution in [3.8, 4) is 11.5 Å². The van der Waals surface area contributed by atoms with Gasteiger partial charge in [-0.2, -0.15) is 0 Å². The van der Waals surface area contributed by atoms with E-state index >= 15 is 0 Å². The lowest BCUT2D eigenvalue weighted by Crippen LogP contribution is -2.50. The zero-order chi connectivity index (χ0) is 40.4. The molecule has 53 heavy (non-hydrogen) atoms. The highest BCUT2D eigenvalue weighted by Crippen LogP contribution is 2.36. The van der Waals surface area contributed by atoms with E-state index in [9.17, 15) is 36.6 Å². The van der Waals surface area contributed by atoms with Gasteiger partial charge >= 0.3 is 12.2 Å². The number of nitrogens with two attached hydrogens (primary N) is 1. The molecule has 2 amide bonds. The zero-order valence-electron chi connectivity index (χ0n) is 30.5. The van der Waals surface area contributed by atoms with E-state index in [0.29, 0.717) is 69.4 Å². The van der Waals surface area contributed by atoms with Crippen LogP contribution in [0.2, 0.25) is 0 Å². The normalized spacial score (nSPS) is 15.3. The molecule has 21 heteroatoms. The van der Waals surface area contributed by atoms with Gasteiger partial charge in [0.15, 0.2) is 11.5 Å². The van der Waals surface area contributed by atoms with E-state index in [-0.39, 0.29) is 29.4 Å². The number of hydrogen-bond donors (Lipinski definition) is 4. The van der Waals surface area contributed by atoms with Gasteiger partial charge in [-0.1, -0.05) is 12.1 Å². The number of sulfonamides is 1. The summed E-state index contributed by atoms with van der Waals surface area (Å²) in [6.07, 6.45) is -0.663. The van der Waals surface area contributed by atoms with Crippen LogP contribution in [-0.4, -0.2) is 123 Å². The number of carbonyl (C=O) groups is 2. The molecule has 0 spiro atoms. The Morgan fingerprint density at radius 3 is 1.45 bits per heavy atom. The van der Waals surface area contributed by atoms with Gasteiger partial charge in [0.05, 0.1) is 22.7 Å². The minimum absolute atomic E-state index is 0.0673. The summed E-state index contributed by atoms with van der Waals surface area (Å²) in [7, 11) is -2.58. The number of halogens is 3. The van der Waals surface area contributed by atoms with Crippen LogP contribution in [0.15, 0.2) is 36.4 Å². The molecule has 300 valence electrons. The molecule has 2 heterocycles. The number of nitrogen functional groups attached to an aromatic ring is 1. The van der Waals surface area contributed by atoms with Crippen LogP contribution in [0.4, 0.5) is 32.3 Å². The van der Waals surface area contributed by atoms with Crippen LogP contribution in [0.5, 0.6) is 11.5 Å². The first-order valence-electron chi connectivity index (χ1n) is 16.3.